The zero-order valence-corrected chi connectivity index (χ0v) is 15.4. The molecule has 2 rings (SSSR count). The van der Waals surface area contributed by atoms with Gasteiger partial charge in [-0.1, -0.05) is 27.5 Å². The number of phenolic OH excluding ortho intramolecular Hbond substituents is 1. The number of hydrogen-bond donors (Lipinski definition) is 2. The van der Waals surface area contributed by atoms with Crippen molar-refractivity contribution in [3.63, 3.8) is 0 Å². The smallest absolute Gasteiger partial charge is 0.283 e. The molecular formula is C17H16BrClN2O3. The second kappa shape index (κ2) is 7.68. The Hall–Kier alpha value is -2.05. The van der Waals surface area contributed by atoms with Gasteiger partial charge in [-0.05, 0) is 56.3 Å². The van der Waals surface area contributed by atoms with E-state index in [4.69, 9.17) is 16.3 Å². The number of hydrazone groups is 1. The summed E-state index contributed by atoms with van der Waals surface area (Å²) in [6, 6.07) is 11.6. The number of ether oxygens (including phenoxy) is 1. The highest BCUT2D eigenvalue weighted by molar-refractivity contribution is 9.10. The number of amides is 1. The van der Waals surface area contributed by atoms with Crippen LogP contribution in [0.5, 0.6) is 11.5 Å². The minimum Gasteiger partial charge on any atom is -0.507 e. The van der Waals surface area contributed by atoms with Gasteiger partial charge in [-0.3, -0.25) is 4.79 Å². The quantitative estimate of drug-likeness (QED) is 0.574. The minimum absolute atomic E-state index is 0.0628. The van der Waals surface area contributed by atoms with Crippen LogP contribution in [-0.2, 0) is 4.79 Å². The predicted octanol–water partition coefficient (Wildman–Crippen LogP) is 4.12. The number of benzene rings is 2. The molecule has 0 aromatic heterocycles. The third-order valence-corrected chi connectivity index (χ3v) is 3.84. The maximum absolute atomic E-state index is 12.2. The van der Waals surface area contributed by atoms with Crippen molar-refractivity contribution in [1.29, 1.82) is 0 Å². The normalized spacial score (nSPS) is 11.5. The molecule has 0 aliphatic carbocycles. The maximum atomic E-state index is 12.2. The molecule has 0 spiro atoms. The molecule has 0 heterocycles. The molecule has 0 saturated heterocycles. The molecule has 126 valence electrons. The first-order valence-electron chi connectivity index (χ1n) is 7.04. The van der Waals surface area contributed by atoms with E-state index in [-0.39, 0.29) is 5.75 Å². The number of rotatable bonds is 5. The number of phenols is 1. The molecule has 0 saturated carbocycles. The van der Waals surface area contributed by atoms with Crippen molar-refractivity contribution in [1.82, 2.24) is 5.43 Å². The summed E-state index contributed by atoms with van der Waals surface area (Å²) in [5, 5.41) is 14.2. The lowest BCUT2D eigenvalue weighted by atomic mass is 10.1. The first-order chi connectivity index (χ1) is 11.3. The van der Waals surface area contributed by atoms with Gasteiger partial charge >= 0.3 is 0 Å². The Balaban J connectivity index is 2.01. The highest BCUT2D eigenvalue weighted by Crippen LogP contribution is 2.21. The van der Waals surface area contributed by atoms with Crippen LogP contribution in [0.2, 0.25) is 5.02 Å². The summed E-state index contributed by atoms with van der Waals surface area (Å²) in [5.41, 5.74) is 1.74. The van der Waals surface area contributed by atoms with Crippen molar-refractivity contribution >= 4 is 39.7 Å². The Morgan fingerprint density at radius 3 is 2.62 bits per heavy atom. The molecule has 2 aromatic rings. The number of nitrogens with zero attached hydrogens (tertiary/aromatic N) is 1. The molecule has 2 N–H and O–H groups in total. The van der Waals surface area contributed by atoms with Crippen LogP contribution in [0.3, 0.4) is 0 Å². The molecule has 5 nitrogen and oxygen atoms in total. The number of nitrogens with one attached hydrogen (secondary N) is 1. The Labute approximate surface area is 153 Å². The van der Waals surface area contributed by atoms with Gasteiger partial charge in [-0.15, -0.1) is 0 Å². The van der Waals surface area contributed by atoms with E-state index in [1.807, 2.05) is 0 Å². The van der Waals surface area contributed by atoms with Crippen LogP contribution in [0.4, 0.5) is 0 Å². The monoisotopic (exact) mass is 410 g/mol. The molecule has 0 fully saturated rings. The highest BCUT2D eigenvalue weighted by atomic mass is 79.9. The van der Waals surface area contributed by atoms with Crippen molar-refractivity contribution in [2.45, 2.75) is 19.4 Å². The lowest BCUT2D eigenvalue weighted by Gasteiger charge is -2.24. The third kappa shape index (κ3) is 4.97. The van der Waals surface area contributed by atoms with E-state index in [9.17, 15) is 9.90 Å². The molecule has 1 amide bonds. The van der Waals surface area contributed by atoms with Crippen molar-refractivity contribution in [2.75, 3.05) is 0 Å². The Kier molecular flexibility index (Phi) is 5.85. The zero-order chi connectivity index (χ0) is 17.7. The molecule has 0 aliphatic heterocycles. The average molecular weight is 412 g/mol. The van der Waals surface area contributed by atoms with E-state index < -0.39 is 11.5 Å². The molecule has 0 bridgehead atoms. The largest absolute Gasteiger partial charge is 0.507 e. The number of carbonyl (C=O) groups excluding carboxylic acids is 1. The van der Waals surface area contributed by atoms with Crippen LogP contribution in [0.15, 0.2) is 52.0 Å². The van der Waals surface area contributed by atoms with Crippen LogP contribution < -0.4 is 10.2 Å². The summed E-state index contributed by atoms with van der Waals surface area (Å²) in [6.45, 7) is 3.26. The van der Waals surface area contributed by atoms with Crippen LogP contribution >= 0.6 is 27.5 Å². The average Bonchev–Trinajstić information content (AvgIpc) is 2.52. The van der Waals surface area contributed by atoms with Crippen molar-refractivity contribution in [3.05, 3.63) is 57.5 Å². The minimum atomic E-state index is -1.13. The topological polar surface area (TPSA) is 70.9 Å². The van der Waals surface area contributed by atoms with Crippen molar-refractivity contribution in [3.8, 4) is 11.5 Å². The first-order valence-corrected chi connectivity index (χ1v) is 8.21. The van der Waals surface area contributed by atoms with E-state index in [0.29, 0.717) is 16.3 Å². The summed E-state index contributed by atoms with van der Waals surface area (Å²) in [6.07, 6.45) is 1.36. The summed E-state index contributed by atoms with van der Waals surface area (Å²) in [4.78, 5) is 12.2. The number of carbonyl (C=O) groups is 1. The highest BCUT2D eigenvalue weighted by Gasteiger charge is 2.29. The Bertz CT molecular complexity index is 761. The van der Waals surface area contributed by atoms with Gasteiger partial charge in [-0.2, -0.15) is 5.10 Å². The van der Waals surface area contributed by atoms with Crippen LogP contribution in [0.25, 0.3) is 0 Å². The number of hydrogen-bond acceptors (Lipinski definition) is 4. The summed E-state index contributed by atoms with van der Waals surface area (Å²) < 4.78 is 6.45. The molecule has 0 atom stereocenters. The third-order valence-electron chi connectivity index (χ3n) is 3.09. The number of aromatic hydroxyl groups is 1. The van der Waals surface area contributed by atoms with Crippen LogP contribution in [-0.4, -0.2) is 22.8 Å². The van der Waals surface area contributed by atoms with Gasteiger partial charge in [0.05, 0.1) is 6.21 Å². The summed E-state index contributed by atoms with van der Waals surface area (Å²) in [5.74, 6) is 0.157. The molecule has 0 aliphatic rings. The van der Waals surface area contributed by atoms with Gasteiger partial charge in [0, 0.05) is 15.1 Å². The first kappa shape index (κ1) is 18.3. The molecule has 24 heavy (non-hydrogen) atoms. The van der Waals surface area contributed by atoms with Gasteiger partial charge in [0.2, 0.25) is 0 Å². The SMILES string of the molecule is CC(C)(Oc1ccc(Cl)cc1)C(=O)NN=Cc1cc(Br)ccc1O. The van der Waals surface area contributed by atoms with Crippen LogP contribution in [0, 0.1) is 0 Å². The fraction of sp³-hybridized carbons (Fsp3) is 0.176. The number of halogens is 2. The van der Waals surface area contributed by atoms with Gasteiger partial charge in [-0.25, -0.2) is 5.43 Å². The van der Waals surface area contributed by atoms with Crippen LogP contribution in [0.1, 0.15) is 19.4 Å². The zero-order valence-electron chi connectivity index (χ0n) is 13.1. The molecule has 2 aromatic carbocycles. The van der Waals surface area contributed by atoms with Crippen molar-refractivity contribution < 1.29 is 14.6 Å². The van der Waals surface area contributed by atoms with E-state index in [1.54, 1.807) is 50.2 Å². The molecular weight excluding hydrogens is 396 g/mol. The van der Waals surface area contributed by atoms with E-state index in [1.165, 1.54) is 12.3 Å². The van der Waals surface area contributed by atoms with Gasteiger partial charge in [0.25, 0.3) is 5.91 Å². The standard InChI is InChI=1S/C17H16BrClN2O3/c1-17(2,24-14-6-4-13(19)5-7-14)16(23)21-20-10-11-9-12(18)3-8-15(11)22/h3-10,22H,1-2H3,(H,21,23). The molecule has 0 unspecified atom stereocenters. The van der Waals surface area contributed by atoms with E-state index in [0.717, 1.165) is 4.47 Å². The lowest BCUT2D eigenvalue weighted by Crippen LogP contribution is -2.44. The summed E-state index contributed by atoms with van der Waals surface area (Å²) >= 11 is 9.12. The van der Waals surface area contributed by atoms with Gasteiger partial charge in [0.15, 0.2) is 5.60 Å². The fourth-order valence-corrected chi connectivity index (χ4v) is 2.27. The van der Waals surface area contributed by atoms with Crippen molar-refractivity contribution in [2.24, 2.45) is 5.10 Å². The fourth-order valence-electron chi connectivity index (χ4n) is 1.77. The van der Waals surface area contributed by atoms with Gasteiger partial charge in [0.1, 0.15) is 11.5 Å². The summed E-state index contributed by atoms with van der Waals surface area (Å²) in [7, 11) is 0. The second-order valence-electron chi connectivity index (χ2n) is 5.47. The predicted molar refractivity (Wildman–Crippen MR) is 97.7 cm³/mol. The molecule has 7 heteroatoms. The Morgan fingerprint density at radius 1 is 1.29 bits per heavy atom. The second-order valence-corrected chi connectivity index (χ2v) is 6.82. The lowest BCUT2D eigenvalue weighted by molar-refractivity contribution is -0.134. The maximum Gasteiger partial charge on any atom is 0.283 e. The van der Waals surface area contributed by atoms with E-state index in [2.05, 4.69) is 26.5 Å². The Morgan fingerprint density at radius 2 is 1.96 bits per heavy atom. The van der Waals surface area contributed by atoms with E-state index >= 15 is 0 Å². The van der Waals surface area contributed by atoms with Gasteiger partial charge < -0.3 is 9.84 Å². The molecule has 0 radical (unpaired) electrons.